The Balaban J connectivity index is 1.88. The summed E-state index contributed by atoms with van der Waals surface area (Å²) in [4.78, 5) is 0. The van der Waals surface area contributed by atoms with Crippen molar-refractivity contribution in [2.75, 3.05) is 12.4 Å². The Kier molecular flexibility index (Phi) is 5.71. The van der Waals surface area contributed by atoms with Crippen molar-refractivity contribution in [2.45, 2.75) is 0 Å². The Hall–Kier alpha value is -1.92. The molecule has 108 valence electrons. The third kappa shape index (κ3) is 4.84. The van der Waals surface area contributed by atoms with Gasteiger partial charge in [0.25, 0.3) is 0 Å². The summed E-state index contributed by atoms with van der Waals surface area (Å²) in [6.45, 7) is 0. The lowest BCUT2D eigenvalue weighted by Gasteiger charge is -2.07. The van der Waals surface area contributed by atoms with E-state index in [0.717, 1.165) is 21.5 Å². The van der Waals surface area contributed by atoms with Crippen LogP contribution in [0.4, 0.5) is 5.69 Å². The van der Waals surface area contributed by atoms with Crippen LogP contribution in [-0.4, -0.2) is 18.4 Å². The molecule has 0 aliphatic carbocycles. The highest BCUT2D eigenvalue weighted by Gasteiger charge is 1.97. The average Bonchev–Trinajstić information content (AvgIpc) is 2.50. The number of thiocarbonyl (C=S) groups is 1. The second kappa shape index (κ2) is 7.75. The number of hydrogen-bond acceptors (Lipinski definition) is 3. The number of anilines is 1. The third-order valence-corrected chi connectivity index (χ3v) is 3.54. The van der Waals surface area contributed by atoms with Gasteiger partial charge in [0.05, 0.1) is 13.3 Å². The van der Waals surface area contributed by atoms with Crippen LogP contribution in [0.15, 0.2) is 58.1 Å². The predicted molar refractivity (Wildman–Crippen MR) is 94.1 cm³/mol. The highest BCUT2D eigenvalue weighted by atomic mass is 79.9. The van der Waals surface area contributed by atoms with E-state index >= 15 is 0 Å². The minimum absolute atomic E-state index is 0.420. The van der Waals surface area contributed by atoms with Crippen LogP contribution in [0, 0.1) is 0 Å². The molecule has 0 spiro atoms. The van der Waals surface area contributed by atoms with Crippen molar-refractivity contribution < 1.29 is 4.74 Å². The number of rotatable bonds is 4. The van der Waals surface area contributed by atoms with Gasteiger partial charge in [0.1, 0.15) is 5.75 Å². The number of benzene rings is 2. The number of hydrogen-bond donors (Lipinski definition) is 2. The number of nitrogens with zero attached hydrogens (tertiary/aromatic N) is 1. The first-order chi connectivity index (χ1) is 10.2. The Morgan fingerprint density at radius 1 is 1.19 bits per heavy atom. The van der Waals surface area contributed by atoms with Crippen LogP contribution >= 0.6 is 28.1 Å². The van der Waals surface area contributed by atoms with Gasteiger partial charge >= 0.3 is 0 Å². The molecule has 2 N–H and O–H groups in total. The first kappa shape index (κ1) is 15.5. The van der Waals surface area contributed by atoms with E-state index in [9.17, 15) is 0 Å². The van der Waals surface area contributed by atoms with Crippen LogP contribution in [0.5, 0.6) is 5.75 Å². The van der Waals surface area contributed by atoms with Gasteiger partial charge in [-0.1, -0.05) is 34.1 Å². The van der Waals surface area contributed by atoms with Gasteiger partial charge < -0.3 is 10.1 Å². The van der Waals surface area contributed by atoms with Crippen molar-refractivity contribution in [1.29, 1.82) is 0 Å². The lowest BCUT2D eigenvalue weighted by Crippen LogP contribution is -2.23. The monoisotopic (exact) mass is 363 g/mol. The topological polar surface area (TPSA) is 45.6 Å². The van der Waals surface area contributed by atoms with E-state index in [1.807, 2.05) is 48.5 Å². The minimum atomic E-state index is 0.420. The maximum atomic E-state index is 5.17. The molecule has 2 aromatic carbocycles. The van der Waals surface area contributed by atoms with Crippen LogP contribution in [0.2, 0.25) is 0 Å². The maximum absolute atomic E-state index is 5.17. The fourth-order valence-corrected chi connectivity index (χ4v) is 2.13. The molecular formula is C15H14BrN3OS. The van der Waals surface area contributed by atoms with Crippen LogP contribution in [0.3, 0.4) is 0 Å². The normalized spacial score (nSPS) is 10.4. The van der Waals surface area contributed by atoms with E-state index in [2.05, 4.69) is 31.8 Å². The molecule has 4 nitrogen and oxygen atoms in total. The van der Waals surface area contributed by atoms with E-state index in [1.54, 1.807) is 13.3 Å². The largest absolute Gasteiger partial charge is 0.497 e. The zero-order valence-electron chi connectivity index (χ0n) is 11.3. The van der Waals surface area contributed by atoms with Crippen molar-refractivity contribution in [3.05, 3.63) is 58.6 Å². The molecule has 6 heteroatoms. The number of hydrazone groups is 1. The molecule has 0 aliphatic heterocycles. The van der Waals surface area contributed by atoms with Crippen LogP contribution in [0.25, 0.3) is 0 Å². The summed E-state index contributed by atoms with van der Waals surface area (Å²) in [6, 6.07) is 15.3. The molecule has 2 aromatic rings. The van der Waals surface area contributed by atoms with E-state index in [-0.39, 0.29) is 0 Å². The molecule has 2 rings (SSSR count). The fourth-order valence-electron chi connectivity index (χ4n) is 1.57. The van der Waals surface area contributed by atoms with Gasteiger partial charge in [0, 0.05) is 15.7 Å². The molecule has 0 radical (unpaired) electrons. The molecule has 0 aliphatic rings. The molecule has 21 heavy (non-hydrogen) atoms. The number of nitrogens with one attached hydrogen (secondary N) is 2. The zero-order valence-corrected chi connectivity index (χ0v) is 13.7. The molecule has 0 fully saturated rings. The molecule has 0 bridgehead atoms. The molecule has 0 aromatic heterocycles. The molecule has 0 heterocycles. The third-order valence-electron chi connectivity index (χ3n) is 2.62. The quantitative estimate of drug-likeness (QED) is 0.493. The van der Waals surface area contributed by atoms with Gasteiger partial charge in [-0.15, -0.1) is 0 Å². The van der Waals surface area contributed by atoms with E-state index in [1.165, 1.54) is 0 Å². The summed E-state index contributed by atoms with van der Waals surface area (Å²) < 4.78 is 6.07. The van der Waals surface area contributed by atoms with Gasteiger partial charge in [0.2, 0.25) is 0 Å². The summed E-state index contributed by atoms with van der Waals surface area (Å²) in [5.74, 6) is 0.798. The Morgan fingerprint density at radius 3 is 2.57 bits per heavy atom. The second-order valence-electron chi connectivity index (χ2n) is 4.07. The van der Waals surface area contributed by atoms with Gasteiger partial charge in [0.15, 0.2) is 5.11 Å². The molecule has 0 saturated carbocycles. The average molecular weight is 364 g/mol. The van der Waals surface area contributed by atoms with E-state index in [4.69, 9.17) is 17.0 Å². The highest BCUT2D eigenvalue weighted by molar-refractivity contribution is 9.10. The lowest BCUT2D eigenvalue weighted by molar-refractivity contribution is 0.415. The van der Waals surface area contributed by atoms with Crippen molar-refractivity contribution in [2.24, 2.45) is 5.10 Å². The van der Waals surface area contributed by atoms with Crippen LogP contribution in [0.1, 0.15) is 5.56 Å². The standard InChI is InChI=1S/C15H14BrN3OS/c1-20-13-8-6-12(7-9-13)18-15(21)19-17-10-11-4-2-3-5-14(11)16/h2-10H,1H3,(H2,18,19,21)/b17-10-. The van der Waals surface area contributed by atoms with Crippen molar-refractivity contribution in [3.8, 4) is 5.75 Å². The van der Waals surface area contributed by atoms with Crippen molar-refractivity contribution >= 4 is 45.2 Å². The van der Waals surface area contributed by atoms with Crippen molar-refractivity contribution in [3.63, 3.8) is 0 Å². The number of ether oxygens (including phenoxy) is 1. The van der Waals surface area contributed by atoms with Gasteiger partial charge in [-0.05, 0) is 42.5 Å². The van der Waals surface area contributed by atoms with Gasteiger partial charge in [-0.25, -0.2) is 0 Å². The Bertz CT molecular complexity index is 644. The minimum Gasteiger partial charge on any atom is -0.497 e. The van der Waals surface area contributed by atoms with Gasteiger partial charge in [-0.2, -0.15) is 5.10 Å². The summed E-state index contributed by atoms with van der Waals surface area (Å²) in [5, 5.41) is 7.55. The second-order valence-corrected chi connectivity index (χ2v) is 5.34. The first-order valence-electron chi connectivity index (χ1n) is 6.17. The number of halogens is 1. The van der Waals surface area contributed by atoms with Crippen LogP contribution in [-0.2, 0) is 0 Å². The lowest BCUT2D eigenvalue weighted by atomic mass is 10.2. The van der Waals surface area contributed by atoms with Gasteiger partial charge in [-0.3, -0.25) is 5.43 Å². The Morgan fingerprint density at radius 2 is 1.90 bits per heavy atom. The zero-order chi connectivity index (χ0) is 15.1. The fraction of sp³-hybridized carbons (Fsp3) is 0.0667. The summed E-state index contributed by atoms with van der Waals surface area (Å²) in [7, 11) is 1.63. The van der Waals surface area contributed by atoms with E-state index < -0.39 is 0 Å². The summed E-state index contributed by atoms with van der Waals surface area (Å²) in [5.41, 5.74) is 4.61. The molecular weight excluding hydrogens is 350 g/mol. The maximum Gasteiger partial charge on any atom is 0.191 e. The van der Waals surface area contributed by atoms with Crippen LogP contribution < -0.4 is 15.5 Å². The molecule has 0 unspecified atom stereocenters. The highest BCUT2D eigenvalue weighted by Crippen LogP contribution is 2.15. The summed E-state index contributed by atoms with van der Waals surface area (Å²) in [6.07, 6.45) is 1.70. The molecule has 0 amide bonds. The summed E-state index contributed by atoms with van der Waals surface area (Å²) >= 11 is 8.62. The number of methoxy groups -OCH3 is 1. The Labute approximate surface area is 137 Å². The van der Waals surface area contributed by atoms with Crippen molar-refractivity contribution in [1.82, 2.24) is 5.43 Å². The molecule has 0 atom stereocenters. The first-order valence-corrected chi connectivity index (χ1v) is 7.38. The SMILES string of the molecule is COc1ccc(NC(=S)N/N=C\c2ccccc2Br)cc1. The predicted octanol–water partition coefficient (Wildman–Crippen LogP) is 3.78. The smallest absolute Gasteiger partial charge is 0.191 e. The van der Waals surface area contributed by atoms with E-state index in [0.29, 0.717) is 5.11 Å². The molecule has 0 saturated heterocycles.